The highest BCUT2D eigenvalue weighted by atomic mass is 35.7. The number of nitrogens with one attached hydrogen (secondary N) is 1. The minimum atomic E-state index is -3.77. The molecule has 1 rings (SSSR count). The predicted octanol–water partition coefficient (Wildman–Crippen LogP) is 1.50. The van der Waals surface area contributed by atoms with Crippen molar-refractivity contribution in [1.29, 1.82) is 5.41 Å². The van der Waals surface area contributed by atoms with E-state index in [0.29, 0.717) is 16.8 Å². The molecular formula is C8H9ClN2O2S. The van der Waals surface area contributed by atoms with Gasteiger partial charge in [-0.2, -0.15) is 0 Å². The number of hydrogen-bond donors (Lipinski definition) is 2. The Labute approximate surface area is 86.6 Å². The number of rotatable bonds is 2. The van der Waals surface area contributed by atoms with Gasteiger partial charge in [0.25, 0.3) is 9.05 Å². The first-order chi connectivity index (χ1) is 6.36. The van der Waals surface area contributed by atoms with Crippen molar-refractivity contribution >= 4 is 31.6 Å². The van der Waals surface area contributed by atoms with E-state index in [0.717, 1.165) is 6.21 Å². The van der Waals surface area contributed by atoms with Crippen LogP contribution in [-0.4, -0.2) is 14.6 Å². The number of nitrogens with two attached hydrogens (primary N) is 1. The van der Waals surface area contributed by atoms with Crippen molar-refractivity contribution in [2.24, 2.45) is 0 Å². The molecule has 0 unspecified atom stereocenters. The van der Waals surface area contributed by atoms with Crippen molar-refractivity contribution in [3.05, 3.63) is 23.3 Å². The van der Waals surface area contributed by atoms with Crippen LogP contribution in [0, 0.1) is 12.3 Å². The molecule has 76 valence electrons. The standard InChI is InChI=1S/C8H9ClN2O2S/c1-5-2-7(11)6(4-10)3-8(5)14(9,12)13/h2-4,10H,11H2,1H3. The molecule has 0 bridgehead atoms. The molecule has 0 aliphatic heterocycles. The monoisotopic (exact) mass is 232 g/mol. The molecule has 0 aliphatic carbocycles. The summed E-state index contributed by atoms with van der Waals surface area (Å²) < 4.78 is 22.2. The lowest BCUT2D eigenvalue weighted by molar-refractivity contribution is 0.609. The van der Waals surface area contributed by atoms with Gasteiger partial charge >= 0.3 is 0 Å². The van der Waals surface area contributed by atoms with Crippen molar-refractivity contribution in [2.45, 2.75) is 11.8 Å². The zero-order valence-electron chi connectivity index (χ0n) is 7.41. The second kappa shape index (κ2) is 3.59. The molecule has 0 aliphatic rings. The van der Waals surface area contributed by atoms with Crippen LogP contribution in [0.25, 0.3) is 0 Å². The van der Waals surface area contributed by atoms with Crippen molar-refractivity contribution < 1.29 is 8.42 Å². The summed E-state index contributed by atoms with van der Waals surface area (Å²) in [4.78, 5) is -0.00753. The molecular weight excluding hydrogens is 224 g/mol. The van der Waals surface area contributed by atoms with Crippen molar-refractivity contribution in [1.82, 2.24) is 0 Å². The molecule has 1 aromatic carbocycles. The first-order valence-corrected chi connectivity index (χ1v) is 6.02. The molecule has 6 heteroatoms. The maximum absolute atomic E-state index is 11.1. The molecule has 0 radical (unpaired) electrons. The van der Waals surface area contributed by atoms with Gasteiger partial charge in [-0.05, 0) is 24.6 Å². The summed E-state index contributed by atoms with van der Waals surface area (Å²) in [5, 5.41) is 7.01. The Bertz CT molecular complexity index is 482. The van der Waals surface area contributed by atoms with Crippen LogP contribution in [0.1, 0.15) is 11.1 Å². The third-order valence-corrected chi connectivity index (χ3v) is 3.26. The van der Waals surface area contributed by atoms with Crippen LogP contribution in [0.5, 0.6) is 0 Å². The van der Waals surface area contributed by atoms with Gasteiger partial charge < -0.3 is 11.1 Å². The fourth-order valence-electron chi connectivity index (χ4n) is 1.11. The SMILES string of the molecule is Cc1cc(N)c(C=N)cc1S(=O)(=O)Cl. The Morgan fingerprint density at radius 3 is 2.50 bits per heavy atom. The molecule has 14 heavy (non-hydrogen) atoms. The van der Waals surface area contributed by atoms with Crippen LogP contribution in [-0.2, 0) is 9.05 Å². The average Bonchev–Trinajstić information content (AvgIpc) is 2.02. The van der Waals surface area contributed by atoms with Gasteiger partial charge in [0, 0.05) is 28.1 Å². The van der Waals surface area contributed by atoms with Crippen LogP contribution in [0.15, 0.2) is 17.0 Å². The summed E-state index contributed by atoms with van der Waals surface area (Å²) in [5.41, 5.74) is 6.73. The second-order valence-electron chi connectivity index (χ2n) is 2.83. The zero-order chi connectivity index (χ0) is 10.9. The molecule has 0 saturated carbocycles. The van der Waals surface area contributed by atoms with E-state index in [4.69, 9.17) is 21.8 Å². The summed E-state index contributed by atoms with van der Waals surface area (Å²) in [5.74, 6) is 0. The van der Waals surface area contributed by atoms with E-state index in [9.17, 15) is 8.42 Å². The molecule has 0 amide bonds. The molecule has 1 aromatic rings. The van der Waals surface area contributed by atoms with Gasteiger partial charge in [0.05, 0.1) is 4.90 Å². The Kier molecular flexibility index (Phi) is 2.82. The maximum atomic E-state index is 11.1. The fourth-order valence-corrected chi connectivity index (χ4v) is 2.32. The number of anilines is 1. The molecule has 0 spiro atoms. The number of benzene rings is 1. The van der Waals surface area contributed by atoms with Gasteiger partial charge in [0.2, 0.25) is 0 Å². The van der Waals surface area contributed by atoms with Crippen LogP contribution in [0.3, 0.4) is 0 Å². The highest BCUT2D eigenvalue weighted by molar-refractivity contribution is 8.13. The molecule has 4 nitrogen and oxygen atoms in total. The predicted molar refractivity (Wildman–Crippen MR) is 56.5 cm³/mol. The zero-order valence-corrected chi connectivity index (χ0v) is 8.98. The molecule has 0 heterocycles. The quantitative estimate of drug-likeness (QED) is 0.460. The fraction of sp³-hybridized carbons (Fsp3) is 0.125. The van der Waals surface area contributed by atoms with E-state index in [1.165, 1.54) is 12.1 Å². The van der Waals surface area contributed by atoms with Crippen LogP contribution in [0.4, 0.5) is 5.69 Å². The Morgan fingerprint density at radius 1 is 1.50 bits per heavy atom. The lowest BCUT2D eigenvalue weighted by atomic mass is 10.1. The minimum Gasteiger partial charge on any atom is -0.398 e. The summed E-state index contributed by atoms with van der Waals surface area (Å²) in [6, 6.07) is 2.77. The van der Waals surface area contributed by atoms with Gasteiger partial charge in [0.1, 0.15) is 0 Å². The van der Waals surface area contributed by atoms with Gasteiger partial charge in [-0.1, -0.05) is 0 Å². The first-order valence-electron chi connectivity index (χ1n) is 3.71. The molecule has 0 saturated heterocycles. The van der Waals surface area contributed by atoms with E-state index < -0.39 is 9.05 Å². The summed E-state index contributed by atoms with van der Waals surface area (Å²) >= 11 is 0. The summed E-state index contributed by atoms with van der Waals surface area (Å²) in [7, 11) is 1.43. The Morgan fingerprint density at radius 2 is 2.07 bits per heavy atom. The Hall–Kier alpha value is -1.07. The third kappa shape index (κ3) is 2.05. The number of nitrogen functional groups attached to an aromatic ring is 1. The largest absolute Gasteiger partial charge is 0.398 e. The van der Waals surface area contributed by atoms with E-state index in [1.807, 2.05) is 0 Å². The smallest absolute Gasteiger partial charge is 0.261 e. The van der Waals surface area contributed by atoms with Crippen LogP contribution in [0.2, 0.25) is 0 Å². The maximum Gasteiger partial charge on any atom is 0.261 e. The lowest BCUT2D eigenvalue weighted by Crippen LogP contribution is -2.00. The van der Waals surface area contributed by atoms with Crippen molar-refractivity contribution in [3.63, 3.8) is 0 Å². The van der Waals surface area contributed by atoms with Crippen LogP contribution < -0.4 is 5.73 Å². The van der Waals surface area contributed by atoms with Gasteiger partial charge in [-0.15, -0.1) is 0 Å². The van der Waals surface area contributed by atoms with Crippen LogP contribution >= 0.6 is 10.7 Å². The van der Waals surface area contributed by atoms with Crippen molar-refractivity contribution in [2.75, 3.05) is 5.73 Å². The number of hydrogen-bond acceptors (Lipinski definition) is 4. The molecule has 0 aromatic heterocycles. The van der Waals surface area contributed by atoms with E-state index in [1.54, 1.807) is 6.92 Å². The summed E-state index contributed by atoms with van der Waals surface area (Å²) in [6.45, 7) is 1.60. The van der Waals surface area contributed by atoms with E-state index >= 15 is 0 Å². The van der Waals surface area contributed by atoms with E-state index in [2.05, 4.69) is 0 Å². The first kappa shape index (κ1) is 11.0. The van der Waals surface area contributed by atoms with E-state index in [-0.39, 0.29) is 4.90 Å². The second-order valence-corrected chi connectivity index (χ2v) is 5.36. The summed E-state index contributed by atoms with van der Waals surface area (Å²) in [6.07, 6.45) is 0.986. The third-order valence-electron chi connectivity index (χ3n) is 1.80. The molecule has 3 N–H and O–H groups in total. The molecule has 0 fully saturated rings. The normalized spacial score (nSPS) is 11.3. The lowest BCUT2D eigenvalue weighted by Gasteiger charge is -2.05. The van der Waals surface area contributed by atoms with Gasteiger partial charge in [0.15, 0.2) is 0 Å². The topological polar surface area (TPSA) is 84.0 Å². The van der Waals surface area contributed by atoms with Crippen molar-refractivity contribution in [3.8, 4) is 0 Å². The highest BCUT2D eigenvalue weighted by Crippen LogP contribution is 2.24. The average molecular weight is 233 g/mol. The van der Waals surface area contributed by atoms with Gasteiger partial charge in [-0.3, -0.25) is 0 Å². The van der Waals surface area contributed by atoms with Gasteiger partial charge in [-0.25, -0.2) is 8.42 Å². The minimum absolute atomic E-state index is 0.00753. The highest BCUT2D eigenvalue weighted by Gasteiger charge is 2.15. The number of halogens is 1. The number of aryl methyl sites for hydroxylation is 1. The molecule has 0 atom stereocenters. The Balaban J connectivity index is 3.55.